The standard InChI is InChI=1S/C22H26N2OS/c1-17-15-24(16-18-8-7-13-26-18)21(20-10-4-3-9-19(17)20)14-22(25)23-11-5-2-6-12-23/h3-4,7-10,13,21H,1-2,5-6,11-12,14-16H2. The summed E-state index contributed by atoms with van der Waals surface area (Å²) in [5.41, 5.74) is 3.64. The first-order valence-electron chi connectivity index (χ1n) is 9.53. The van der Waals surface area contributed by atoms with Gasteiger partial charge in [0.05, 0.1) is 0 Å². The van der Waals surface area contributed by atoms with Crippen LogP contribution in [0.3, 0.4) is 0 Å². The zero-order valence-corrected chi connectivity index (χ0v) is 16.0. The predicted octanol–water partition coefficient (Wildman–Crippen LogP) is 4.72. The van der Waals surface area contributed by atoms with Crippen molar-refractivity contribution in [1.82, 2.24) is 9.80 Å². The maximum atomic E-state index is 13.0. The minimum Gasteiger partial charge on any atom is -0.343 e. The Balaban J connectivity index is 1.60. The molecular weight excluding hydrogens is 340 g/mol. The van der Waals surface area contributed by atoms with Gasteiger partial charge in [0.1, 0.15) is 0 Å². The topological polar surface area (TPSA) is 23.6 Å². The van der Waals surface area contributed by atoms with E-state index in [9.17, 15) is 4.79 Å². The largest absolute Gasteiger partial charge is 0.343 e. The molecule has 1 atom stereocenters. The highest BCUT2D eigenvalue weighted by Crippen LogP contribution is 2.38. The van der Waals surface area contributed by atoms with Crippen LogP contribution in [0.15, 0.2) is 48.4 Å². The molecule has 1 aromatic heterocycles. The number of carbonyl (C=O) groups is 1. The van der Waals surface area contributed by atoms with E-state index >= 15 is 0 Å². The van der Waals surface area contributed by atoms with Crippen molar-refractivity contribution in [2.45, 2.75) is 38.3 Å². The monoisotopic (exact) mass is 366 g/mol. The van der Waals surface area contributed by atoms with Crippen molar-refractivity contribution >= 4 is 22.8 Å². The highest BCUT2D eigenvalue weighted by Gasteiger charge is 2.32. The van der Waals surface area contributed by atoms with E-state index in [0.29, 0.717) is 12.3 Å². The first kappa shape index (κ1) is 17.5. The maximum absolute atomic E-state index is 13.0. The van der Waals surface area contributed by atoms with Gasteiger partial charge in [0.25, 0.3) is 0 Å². The van der Waals surface area contributed by atoms with Crippen LogP contribution in [-0.4, -0.2) is 35.3 Å². The molecule has 0 saturated carbocycles. The Morgan fingerprint density at radius 1 is 1.12 bits per heavy atom. The smallest absolute Gasteiger partial charge is 0.224 e. The molecule has 1 aromatic carbocycles. The lowest BCUT2D eigenvalue weighted by Gasteiger charge is -2.39. The van der Waals surface area contributed by atoms with Gasteiger partial charge >= 0.3 is 0 Å². The second kappa shape index (κ2) is 7.77. The molecule has 2 aliphatic rings. The molecule has 0 aliphatic carbocycles. The highest BCUT2D eigenvalue weighted by atomic mass is 32.1. The van der Waals surface area contributed by atoms with Crippen molar-refractivity contribution < 1.29 is 4.79 Å². The Labute approximate surface area is 159 Å². The Morgan fingerprint density at radius 2 is 1.92 bits per heavy atom. The van der Waals surface area contributed by atoms with E-state index in [1.807, 2.05) is 0 Å². The normalized spacial score (nSPS) is 20.8. The van der Waals surface area contributed by atoms with Gasteiger partial charge in [-0.2, -0.15) is 0 Å². The molecule has 0 spiro atoms. The summed E-state index contributed by atoms with van der Waals surface area (Å²) >= 11 is 1.78. The number of hydrogen-bond acceptors (Lipinski definition) is 3. The summed E-state index contributed by atoms with van der Waals surface area (Å²) in [6, 6.07) is 12.9. The molecule has 4 heteroatoms. The number of hydrogen-bond donors (Lipinski definition) is 0. The summed E-state index contributed by atoms with van der Waals surface area (Å²) < 4.78 is 0. The number of benzene rings is 1. The SMILES string of the molecule is C=C1CN(Cc2cccs2)C(CC(=O)N2CCCCC2)c2ccccc21. The van der Waals surface area contributed by atoms with Crippen LogP contribution in [0.25, 0.3) is 5.57 Å². The molecule has 3 heterocycles. The molecular formula is C22H26N2OS. The average molecular weight is 367 g/mol. The van der Waals surface area contributed by atoms with Gasteiger partial charge in [-0.25, -0.2) is 0 Å². The quantitative estimate of drug-likeness (QED) is 0.782. The van der Waals surface area contributed by atoms with Crippen molar-refractivity contribution in [1.29, 1.82) is 0 Å². The van der Waals surface area contributed by atoms with Crippen molar-refractivity contribution in [3.8, 4) is 0 Å². The maximum Gasteiger partial charge on any atom is 0.224 e. The van der Waals surface area contributed by atoms with Crippen molar-refractivity contribution in [3.05, 3.63) is 64.4 Å². The minimum atomic E-state index is 0.133. The van der Waals surface area contributed by atoms with Crippen LogP contribution in [0.4, 0.5) is 0 Å². The van der Waals surface area contributed by atoms with Gasteiger partial charge in [-0.1, -0.05) is 36.9 Å². The number of likely N-dealkylation sites (tertiary alicyclic amines) is 1. The zero-order valence-electron chi connectivity index (χ0n) is 15.2. The number of carbonyl (C=O) groups excluding carboxylic acids is 1. The Bertz CT molecular complexity index is 777. The third kappa shape index (κ3) is 3.62. The molecule has 1 saturated heterocycles. The lowest BCUT2D eigenvalue weighted by molar-refractivity contribution is -0.133. The third-order valence-corrected chi connectivity index (χ3v) is 6.41. The summed E-state index contributed by atoms with van der Waals surface area (Å²) in [4.78, 5) is 18.8. The lowest BCUT2D eigenvalue weighted by atomic mass is 9.87. The predicted molar refractivity (Wildman–Crippen MR) is 108 cm³/mol. The van der Waals surface area contributed by atoms with E-state index in [1.165, 1.54) is 22.4 Å². The van der Waals surface area contributed by atoms with Gasteiger partial charge in [-0.05, 0) is 47.4 Å². The molecule has 0 bridgehead atoms. The third-order valence-electron chi connectivity index (χ3n) is 5.55. The number of rotatable bonds is 4. The fourth-order valence-corrected chi connectivity index (χ4v) is 4.92. The summed E-state index contributed by atoms with van der Waals surface area (Å²) in [6.07, 6.45) is 4.10. The van der Waals surface area contributed by atoms with E-state index in [-0.39, 0.29) is 6.04 Å². The van der Waals surface area contributed by atoms with Crippen LogP contribution in [-0.2, 0) is 11.3 Å². The molecule has 2 aliphatic heterocycles. The van der Waals surface area contributed by atoms with Gasteiger partial charge in [-0.3, -0.25) is 9.69 Å². The van der Waals surface area contributed by atoms with E-state index in [1.54, 1.807) is 11.3 Å². The van der Waals surface area contributed by atoms with Gasteiger partial charge in [-0.15, -0.1) is 11.3 Å². The van der Waals surface area contributed by atoms with Crippen LogP contribution in [0.5, 0.6) is 0 Å². The average Bonchev–Trinajstić information content (AvgIpc) is 3.18. The molecule has 26 heavy (non-hydrogen) atoms. The van der Waals surface area contributed by atoms with Gasteiger partial charge in [0, 0.05) is 43.5 Å². The lowest BCUT2D eigenvalue weighted by Crippen LogP contribution is -2.40. The molecule has 4 rings (SSSR count). The highest BCUT2D eigenvalue weighted by molar-refractivity contribution is 7.09. The van der Waals surface area contributed by atoms with E-state index in [0.717, 1.165) is 44.6 Å². The van der Waals surface area contributed by atoms with Crippen molar-refractivity contribution in [3.63, 3.8) is 0 Å². The molecule has 136 valence electrons. The van der Waals surface area contributed by atoms with E-state index in [4.69, 9.17) is 0 Å². The zero-order chi connectivity index (χ0) is 17.9. The number of fused-ring (bicyclic) bond motifs is 1. The second-order valence-corrected chi connectivity index (χ2v) is 8.37. The van der Waals surface area contributed by atoms with Crippen LogP contribution in [0, 0.1) is 0 Å². The van der Waals surface area contributed by atoms with Crippen LogP contribution in [0.2, 0.25) is 0 Å². The summed E-state index contributed by atoms with van der Waals surface area (Å²) in [5, 5.41) is 2.12. The van der Waals surface area contributed by atoms with Crippen molar-refractivity contribution in [2.75, 3.05) is 19.6 Å². The Morgan fingerprint density at radius 3 is 2.69 bits per heavy atom. The first-order chi connectivity index (χ1) is 12.7. The molecule has 1 fully saturated rings. The number of thiophene rings is 1. The summed E-state index contributed by atoms with van der Waals surface area (Å²) in [5.74, 6) is 0.299. The number of nitrogens with zero attached hydrogens (tertiary/aromatic N) is 2. The number of amides is 1. The second-order valence-electron chi connectivity index (χ2n) is 7.34. The van der Waals surface area contributed by atoms with Gasteiger partial charge in [0.15, 0.2) is 0 Å². The van der Waals surface area contributed by atoms with Gasteiger partial charge in [0.2, 0.25) is 5.91 Å². The first-order valence-corrected chi connectivity index (χ1v) is 10.4. The number of piperidine rings is 1. The van der Waals surface area contributed by atoms with Gasteiger partial charge < -0.3 is 4.90 Å². The molecule has 2 aromatic rings. The fourth-order valence-electron chi connectivity index (χ4n) is 4.19. The van der Waals surface area contributed by atoms with Crippen LogP contribution < -0.4 is 0 Å². The molecule has 0 radical (unpaired) electrons. The van der Waals surface area contributed by atoms with E-state index < -0.39 is 0 Å². The molecule has 3 nitrogen and oxygen atoms in total. The Hall–Kier alpha value is -1.91. The molecule has 1 amide bonds. The van der Waals surface area contributed by atoms with Crippen LogP contribution >= 0.6 is 11.3 Å². The Kier molecular flexibility index (Phi) is 5.23. The summed E-state index contributed by atoms with van der Waals surface area (Å²) in [6.45, 7) is 7.85. The van der Waals surface area contributed by atoms with Crippen LogP contribution in [0.1, 0.15) is 47.7 Å². The molecule has 1 unspecified atom stereocenters. The van der Waals surface area contributed by atoms with E-state index in [2.05, 4.69) is 58.2 Å². The minimum absolute atomic E-state index is 0.133. The summed E-state index contributed by atoms with van der Waals surface area (Å²) in [7, 11) is 0. The fraction of sp³-hybridized carbons (Fsp3) is 0.409. The van der Waals surface area contributed by atoms with Crippen molar-refractivity contribution in [2.24, 2.45) is 0 Å². The molecule has 0 N–H and O–H groups in total.